The largest absolute Gasteiger partial charge is 0.366 e. The second kappa shape index (κ2) is 5.88. The maximum atomic E-state index is 12.3. The van der Waals surface area contributed by atoms with Crippen molar-refractivity contribution in [2.45, 2.75) is 6.92 Å². The number of hydrogen-bond acceptors (Lipinski definition) is 2. The molecule has 0 aliphatic rings. The number of nitrogens with two attached hydrogens (primary N) is 1. The minimum Gasteiger partial charge on any atom is -0.366 e. The number of hydrogen-bond donors (Lipinski definition) is 2. The zero-order valence-electron chi connectivity index (χ0n) is 10.8. The number of carbonyl (C=O) groups is 2. The Morgan fingerprint density at radius 1 is 1.05 bits per heavy atom. The van der Waals surface area contributed by atoms with E-state index in [1.807, 2.05) is 13.0 Å². The van der Waals surface area contributed by atoms with Gasteiger partial charge in [0, 0.05) is 4.47 Å². The van der Waals surface area contributed by atoms with E-state index in [2.05, 4.69) is 21.2 Å². The lowest BCUT2D eigenvalue weighted by Gasteiger charge is -2.10. The average molecular weight is 333 g/mol. The van der Waals surface area contributed by atoms with E-state index in [0.717, 1.165) is 10.0 Å². The second-order valence-electron chi connectivity index (χ2n) is 4.30. The lowest BCUT2D eigenvalue weighted by atomic mass is 10.1. The van der Waals surface area contributed by atoms with Gasteiger partial charge in [0.05, 0.1) is 16.8 Å². The molecule has 2 aromatic rings. The predicted molar refractivity (Wildman–Crippen MR) is 81.8 cm³/mol. The van der Waals surface area contributed by atoms with E-state index in [-0.39, 0.29) is 11.5 Å². The monoisotopic (exact) mass is 332 g/mol. The van der Waals surface area contributed by atoms with Crippen molar-refractivity contribution in [2.24, 2.45) is 5.73 Å². The fourth-order valence-corrected chi connectivity index (χ4v) is 2.26. The highest BCUT2D eigenvalue weighted by molar-refractivity contribution is 9.10. The van der Waals surface area contributed by atoms with Crippen LogP contribution in [-0.4, -0.2) is 11.8 Å². The van der Waals surface area contributed by atoms with Gasteiger partial charge in [-0.3, -0.25) is 9.59 Å². The molecule has 0 aliphatic carbocycles. The number of para-hydroxylation sites is 1. The Kier molecular flexibility index (Phi) is 4.20. The van der Waals surface area contributed by atoms with Gasteiger partial charge in [-0.15, -0.1) is 0 Å². The van der Waals surface area contributed by atoms with Gasteiger partial charge in [0.15, 0.2) is 0 Å². The maximum absolute atomic E-state index is 12.3. The summed E-state index contributed by atoms with van der Waals surface area (Å²) in [6.07, 6.45) is 0. The van der Waals surface area contributed by atoms with Gasteiger partial charge in [-0.25, -0.2) is 0 Å². The Balaban J connectivity index is 2.33. The smallest absolute Gasteiger partial charge is 0.256 e. The molecule has 0 bridgehead atoms. The molecule has 0 atom stereocenters. The van der Waals surface area contributed by atoms with Crippen LogP contribution in [-0.2, 0) is 0 Å². The first-order valence-corrected chi connectivity index (χ1v) is 6.75. The van der Waals surface area contributed by atoms with E-state index in [9.17, 15) is 9.59 Å². The molecule has 0 aromatic heterocycles. The number of carbonyl (C=O) groups excluding carboxylic acids is 2. The third-order valence-electron chi connectivity index (χ3n) is 2.88. The number of halogens is 1. The third kappa shape index (κ3) is 2.88. The fourth-order valence-electron chi connectivity index (χ4n) is 1.82. The third-order valence-corrected chi connectivity index (χ3v) is 3.93. The molecule has 0 heterocycles. The fraction of sp³-hybridized carbons (Fsp3) is 0.0667. The molecule has 0 fully saturated rings. The molecule has 0 aliphatic heterocycles. The van der Waals surface area contributed by atoms with Crippen LogP contribution in [0.1, 0.15) is 26.3 Å². The Hall–Kier alpha value is -2.14. The summed E-state index contributed by atoms with van der Waals surface area (Å²) < 4.78 is 0.731. The van der Waals surface area contributed by atoms with Crippen molar-refractivity contribution in [2.75, 3.05) is 5.32 Å². The molecule has 2 aromatic carbocycles. The number of amides is 2. The summed E-state index contributed by atoms with van der Waals surface area (Å²) >= 11 is 3.39. The average Bonchev–Trinajstić information content (AvgIpc) is 2.42. The maximum Gasteiger partial charge on any atom is 0.256 e. The Labute approximate surface area is 125 Å². The molecule has 0 radical (unpaired) electrons. The summed E-state index contributed by atoms with van der Waals surface area (Å²) in [5.41, 5.74) is 7.43. The second-order valence-corrected chi connectivity index (χ2v) is 5.09. The number of benzene rings is 2. The van der Waals surface area contributed by atoms with Crippen molar-refractivity contribution in [1.29, 1.82) is 0 Å². The molecule has 4 nitrogen and oxygen atoms in total. The van der Waals surface area contributed by atoms with E-state index in [1.165, 1.54) is 0 Å². The summed E-state index contributed by atoms with van der Waals surface area (Å²) in [4.78, 5) is 23.6. The van der Waals surface area contributed by atoms with Crippen LogP contribution in [0.25, 0.3) is 0 Å². The number of primary amides is 1. The minimum atomic E-state index is -0.579. The standard InChI is InChI=1S/C15H13BrN2O2/c1-9-5-4-7-11(13(9)16)15(20)18-12-8-3-2-6-10(12)14(17)19/h2-8H,1H3,(H2,17,19)(H,18,20). The molecule has 0 spiro atoms. The first-order chi connectivity index (χ1) is 9.50. The zero-order chi connectivity index (χ0) is 14.7. The molecule has 2 rings (SSSR count). The predicted octanol–water partition coefficient (Wildman–Crippen LogP) is 3.11. The highest BCUT2D eigenvalue weighted by Crippen LogP contribution is 2.23. The van der Waals surface area contributed by atoms with E-state index < -0.39 is 5.91 Å². The van der Waals surface area contributed by atoms with Gasteiger partial charge in [-0.2, -0.15) is 0 Å². The molecular weight excluding hydrogens is 320 g/mol. The van der Waals surface area contributed by atoms with E-state index in [1.54, 1.807) is 36.4 Å². The van der Waals surface area contributed by atoms with Gasteiger partial charge in [-0.1, -0.05) is 24.3 Å². The van der Waals surface area contributed by atoms with Crippen molar-refractivity contribution in [3.63, 3.8) is 0 Å². The van der Waals surface area contributed by atoms with E-state index in [0.29, 0.717) is 11.3 Å². The first-order valence-electron chi connectivity index (χ1n) is 5.96. The highest BCUT2D eigenvalue weighted by atomic mass is 79.9. The van der Waals surface area contributed by atoms with E-state index >= 15 is 0 Å². The summed E-state index contributed by atoms with van der Waals surface area (Å²) in [7, 11) is 0. The topological polar surface area (TPSA) is 72.2 Å². The number of anilines is 1. The molecule has 3 N–H and O–H groups in total. The van der Waals surface area contributed by atoms with Crippen LogP contribution in [0.3, 0.4) is 0 Å². The Bertz CT molecular complexity index is 683. The lowest BCUT2D eigenvalue weighted by molar-refractivity contribution is 0.100. The van der Waals surface area contributed by atoms with Crippen molar-refractivity contribution in [3.8, 4) is 0 Å². The first kappa shape index (κ1) is 14.3. The minimum absolute atomic E-state index is 0.282. The SMILES string of the molecule is Cc1cccc(C(=O)Nc2ccccc2C(N)=O)c1Br. The lowest BCUT2D eigenvalue weighted by Crippen LogP contribution is -2.18. The summed E-state index contributed by atoms with van der Waals surface area (Å²) in [6, 6.07) is 12.0. The quantitative estimate of drug-likeness (QED) is 0.906. The van der Waals surface area contributed by atoms with Gasteiger partial charge >= 0.3 is 0 Å². The molecule has 5 heteroatoms. The van der Waals surface area contributed by atoms with Gasteiger partial charge < -0.3 is 11.1 Å². The van der Waals surface area contributed by atoms with Crippen molar-refractivity contribution >= 4 is 33.4 Å². The summed E-state index contributed by atoms with van der Waals surface area (Å²) in [5.74, 6) is -0.876. The number of aryl methyl sites for hydroxylation is 1. The summed E-state index contributed by atoms with van der Waals surface area (Å²) in [5, 5.41) is 2.71. The van der Waals surface area contributed by atoms with Gasteiger partial charge in [0.2, 0.25) is 0 Å². The zero-order valence-corrected chi connectivity index (χ0v) is 12.4. The highest BCUT2D eigenvalue weighted by Gasteiger charge is 2.14. The number of rotatable bonds is 3. The normalized spacial score (nSPS) is 10.1. The van der Waals surface area contributed by atoms with Crippen LogP contribution in [0.15, 0.2) is 46.9 Å². The number of nitrogens with one attached hydrogen (secondary N) is 1. The molecule has 20 heavy (non-hydrogen) atoms. The van der Waals surface area contributed by atoms with Gasteiger partial charge in [0.25, 0.3) is 11.8 Å². The van der Waals surface area contributed by atoms with Crippen molar-refractivity contribution in [3.05, 3.63) is 63.6 Å². The van der Waals surface area contributed by atoms with Crippen LogP contribution in [0.2, 0.25) is 0 Å². The van der Waals surface area contributed by atoms with Crippen LogP contribution >= 0.6 is 15.9 Å². The van der Waals surface area contributed by atoms with Crippen molar-refractivity contribution < 1.29 is 9.59 Å². The molecule has 0 unspecified atom stereocenters. The van der Waals surface area contributed by atoms with Gasteiger partial charge in [-0.05, 0) is 46.6 Å². The van der Waals surface area contributed by atoms with Crippen LogP contribution < -0.4 is 11.1 Å². The molecule has 0 saturated heterocycles. The molecular formula is C15H13BrN2O2. The summed E-state index contributed by atoms with van der Waals surface area (Å²) in [6.45, 7) is 1.90. The van der Waals surface area contributed by atoms with E-state index in [4.69, 9.17) is 5.73 Å². The van der Waals surface area contributed by atoms with Gasteiger partial charge in [0.1, 0.15) is 0 Å². The van der Waals surface area contributed by atoms with Crippen LogP contribution in [0.4, 0.5) is 5.69 Å². The molecule has 2 amide bonds. The van der Waals surface area contributed by atoms with Crippen molar-refractivity contribution in [1.82, 2.24) is 0 Å². The van der Waals surface area contributed by atoms with Crippen LogP contribution in [0, 0.1) is 6.92 Å². The molecule has 102 valence electrons. The Morgan fingerprint density at radius 2 is 1.70 bits per heavy atom. The Morgan fingerprint density at radius 3 is 2.40 bits per heavy atom. The molecule has 0 saturated carbocycles. The van der Waals surface area contributed by atoms with Crippen LogP contribution in [0.5, 0.6) is 0 Å².